The molecule has 0 aliphatic carbocycles. The van der Waals surface area contributed by atoms with Crippen LogP contribution in [0.1, 0.15) is 13.8 Å². The first-order valence-electron chi connectivity index (χ1n) is 2.63. The van der Waals surface area contributed by atoms with Crippen molar-refractivity contribution in [2.75, 3.05) is 12.3 Å². The summed E-state index contributed by atoms with van der Waals surface area (Å²) in [6.07, 6.45) is 0. The normalized spacial score (nSPS) is 14.1. The van der Waals surface area contributed by atoms with Gasteiger partial charge in [-0.2, -0.15) is 11.8 Å². The predicted octanol–water partition coefficient (Wildman–Crippen LogP) is 1.09. The van der Waals surface area contributed by atoms with E-state index in [4.69, 9.17) is 5.73 Å². The zero-order chi connectivity index (χ0) is 5.70. The monoisotopic (exact) mass is 119 g/mol. The summed E-state index contributed by atoms with van der Waals surface area (Å²) in [6, 6.07) is 0. The lowest BCUT2D eigenvalue weighted by molar-refractivity contribution is 0.952. The van der Waals surface area contributed by atoms with Gasteiger partial charge in [-0.1, -0.05) is 13.8 Å². The molecule has 0 aromatic carbocycles. The van der Waals surface area contributed by atoms with Crippen LogP contribution in [0.2, 0.25) is 0 Å². The molecule has 0 heterocycles. The van der Waals surface area contributed by atoms with E-state index >= 15 is 0 Å². The number of hydrogen-bond donors (Lipinski definition) is 1. The van der Waals surface area contributed by atoms with Gasteiger partial charge in [0, 0.05) is 11.8 Å². The summed E-state index contributed by atoms with van der Waals surface area (Å²) in [5, 5.41) is 0.644. The largest absolute Gasteiger partial charge is 0.329 e. The zero-order valence-corrected chi connectivity index (χ0v) is 5.79. The third-order valence-corrected chi connectivity index (χ3v) is 1.88. The molecule has 0 amide bonds. The van der Waals surface area contributed by atoms with Crippen LogP contribution in [0, 0.1) is 0 Å². The van der Waals surface area contributed by atoms with Crippen LogP contribution in [-0.4, -0.2) is 17.5 Å². The maximum Gasteiger partial charge on any atom is 0.0141 e. The first-order chi connectivity index (χ1) is 3.31. The van der Waals surface area contributed by atoms with Crippen LogP contribution in [0.4, 0.5) is 0 Å². The van der Waals surface area contributed by atoms with E-state index in [-0.39, 0.29) is 0 Å². The lowest BCUT2D eigenvalue weighted by Crippen LogP contribution is -2.12. The second-order valence-electron chi connectivity index (χ2n) is 1.50. The van der Waals surface area contributed by atoms with E-state index in [0.29, 0.717) is 5.25 Å². The van der Waals surface area contributed by atoms with Gasteiger partial charge in [-0.15, -0.1) is 0 Å². The van der Waals surface area contributed by atoms with Gasteiger partial charge in [-0.25, -0.2) is 0 Å². The van der Waals surface area contributed by atoms with Gasteiger partial charge in [0.1, 0.15) is 0 Å². The molecule has 0 aromatic heterocycles. The van der Waals surface area contributed by atoms with Crippen LogP contribution in [0.25, 0.3) is 0 Å². The lowest BCUT2D eigenvalue weighted by Gasteiger charge is -2.02. The molecule has 0 aliphatic heterocycles. The second-order valence-corrected chi connectivity index (χ2v) is 3.22. The summed E-state index contributed by atoms with van der Waals surface area (Å²) in [6.45, 7) is 5.10. The lowest BCUT2D eigenvalue weighted by atomic mass is 10.5. The van der Waals surface area contributed by atoms with Gasteiger partial charge in [-0.3, -0.25) is 0 Å². The predicted molar refractivity (Wildman–Crippen MR) is 36.6 cm³/mol. The molecular formula is C5H13NS. The van der Waals surface area contributed by atoms with Gasteiger partial charge in [0.15, 0.2) is 0 Å². The fourth-order valence-corrected chi connectivity index (χ4v) is 1.06. The van der Waals surface area contributed by atoms with Crippen molar-refractivity contribution in [2.45, 2.75) is 19.1 Å². The highest BCUT2D eigenvalue weighted by Gasteiger charge is 1.93. The van der Waals surface area contributed by atoms with Crippen LogP contribution < -0.4 is 5.73 Å². The minimum atomic E-state index is 0.644. The maximum absolute atomic E-state index is 5.34. The highest BCUT2D eigenvalue weighted by molar-refractivity contribution is 7.99. The number of nitrogens with two attached hydrogens (primary N) is 1. The third kappa shape index (κ3) is 4.16. The fraction of sp³-hybridized carbons (Fsp3) is 1.00. The van der Waals surface area contributed by atoms with Gasteiger partial charge in [0.05, 0.1) is 0 Å². The number of thioether (sulfide) groups is 1. The topological polar surface area (TPSA) is 26.0 Å². The summed E-state index contributed by atoms with van der Waals surface area (Å²) < 4.78 is 0. The van der Waals surface area contributed by atoms with E-state index in [1.54, 1.807) is 0 Å². The Balaban J connectivity index is 2.83. The van der Waals surface area contributed by atoms with Crippen molar-refractivity contribution in [3.63, 3.8) is 0 Å². The van der Waals surface area contributed by atoms with Crippen molar-refractivity contribution in [3.05, 3.63) is 0 Å². The molecule has 0 fully saturated rings. The Morgan fingerprint density at radius 1 is 1.71 bits per heavy atom. The molecule has 0 bridgehead atoms. The van der Waals surface area contributed by atoms with Crippen LogP contribution in [0.3, 0.4) is 0 Å². The molecule has 0 rings (SSSR count). The van der Waals surface area contributed by atoms with E-state index in [9.17, 15) is 0 Å². The number of hydrogen-bond acceptors (Lipinski definition) is 2. The SMILES string of the molecule is CCSC(C)CN. The minimum Gasteiger partial charge on any atom is -0.329 e. The Bertz CT molecular complexity index is 39.1. The van der Waals surface area contributed by atoms with E-state index in [1.807, 2.05) is 11.8 Å². The highest BCUT2D eigenvalue weighted by atomic mass is 32.2. The molecular weight excluding hydrogens is 106 g/mol. The van der Waals surface area contributed by atoms with Crippen molar-refractivity contribution < 1.29 is 0 Å². The summed E-state index contributed by atoms with van der Waals surface area (Å²) in [4.78, 5) is 0. The zero-order valence-electron chi connectivity index (χ0n) is 4.98. The summed E-state index contributed by atoms with van der Waals surface area (Å²) in [7, 11) is 0. The summed E-state index contributed by atoms with van der Waals surface area (Å²) in [5.41, 5.74) is 5.34. The Kier molecular flexibility index (Phi) is 4.67. The van der Waals surface area contributed by atoms with Crippen LogP contribution >= 0.6 is 11.8 Å². The van der Waals surface area contributed by atoms with Crippen molar-refractivity contribution in [1.82, 2.24) is 0 Å². The first kappa shape index (κ1) is 7.31. The van der Waals surface area contributed by atoms with Gasteiger partial charge in [0.2, 0.25) is 0 Å². The molecule has 0 saturated carbocycles. The molecule has 0 aliphatic rings. The first-order valence-corrected chi connectivity index (χ1v) is 3.67. The third-order valence-electron chi connectivity index (χ3n) is 0.783. The second kappa shape index (κ2) is 4.47. The average molecular weight is 119 g/mol. The molecule has 7 heavy (non-hydrogen) atoms. The molecule has 44 valence electrons. The van der Waals surface area contributed by atoms with Crippen molar-refractivity contribution in [1.29, 1.82) is 0 Å². The van der Waals surface area contributed by atoms with Crippen molar-refractivity contribution in [3.8, 4) is 0 Å². The standard InChI is InChI=1S/C5H13NS/c1-3-7-5(2)4-6/h5H,3-4,6H2,1-2H3. The van der Waals surface area contributed by atoms with E-state index in [0.717, 1.165) is 6.54 Å². The average Bonchev–Trinajstić information content (AvgIpc) is 1.68. The van der Waals surface area contributed by atoms with E-state index < -0.39 is 0 Å². The summed E-state index contributed by atoms with van der Waals surface area (Å²) in [5.74, 6) is 1.18. The van der Waals surface area contributed by atoms with Crippen molar-refractivity contribution in [2.24, 2.45) is 5.73 Å². The van der Waals surface area contributed by atoms with E-state index in [2.05, 4.69) is 13.8 Å². The quantitative estimate of drug-likeness (QED) is 0.601. The van der Waals surface area contributed by atoms with Crippen LogP contribution in [0.15, 0.2) is 0 Å². The molecule has 0 aromatic rings. The van der Waals surface area contributed by atoms with Crippen molar-refractivity contribution >= 4 is 11.8 Å². The van der Waals surface area contributed by atoms with Gasteiger partial charge >= 0.3 is 0 Å². The highest BCUT2D eigenvalue weighted by Crippen LogP contribution is 2.05. The molecule has 1 unspecified atom stereocenters. The molecule has 0 radical (unpaired) electrons. The molecule has 1 atom stereocenters. The fourth-order valence-electron chi connectivity index (χ4n) is 0.353. The smallest absolute Gasteiger partial charge is 0.0141 e. The van der Waals surface area contributed by atoms with Crippen LogP contribution in [0.5, 0.6) is 0 Å². The number of rotatable bonds is 3. The Morgan fingerprint density at radius 3 is 2.43 bits per heavy atom. The van der Waals surface area contributed by atoms with Gasteiger partial charge in [0.25, 0.3) is 0 Å². The van der Waals surface area contributed by atoms with E-state index in [1.165, 1.54) is 5.75 Å². The Hall–Kier alpha value is 0.310. The molecule has 1 nitrogen and oxygen atoms in total. The minimum absolute atomic E-state index is 0.644. The molecule has 2 N–H and O–H groups in total. The van der Waals surface area contributed by atoms with Crippen LogP contribution in [-0.2, 0) is 0 Å². The van der Waals surface area contributed by atoms with Gasteiger partial charge < -0.3 is 5.73 Å². The molecule has 0 spiro atoms. The Morgan fingerprint density at radius 2 is 2.29 bits per heavy atom. The van der Waals surface area contributed by atoms with Gasteiger partial charge in [-0.05, 0) is 5.75 Å². The molecule has 0 saturated heterocycles. The maximum atomic E-state index is 5.34. The summed E-state index contributed by atoms with van der Waals surface area (Å²) >= 11 is 1.91. The molecule has 2 heteroatoms. The Labute approximate surface area is 49.7 Å².